The summed E-state index contributed by atoms with van der Waals surface area (Å²) in [5.41, 5.74) is 3.10. The normalized spacial score (nSPS) is 14.1. The number of carbonyl (C=O) groups is 1. The lowest BCUT2D eigenvalue weighted by atomic mass is 10.1. The van der Waals surface area contributed by atoms with Gasteiger partial charge in [-0.25, -0.2) is 5.84 Å². The molecule has 0 radical (unpaired) electrons. The number of hydrogen-bond acceptors (Lipinski definition) is 4. The highest BCUT2D eigenvalue weighted by molar-refractivity contribution is 8.00. The summed E-state index contributed by atoms with van der Waals surface area (Å²) < 4.78 is 0. The zero-order valence-corrected chi connectivity index (χ0v) is 10.6. The minimum atomic E-state index is -0.324. The number of aliphatic hydroxyl groups is 1. The van der Waals surface area contributed by atoms with Crippen molar-refractivity contribution in [1.29, 1.82) is 0 Å². The van der Waals surface area contributed by atoms with Gasteiger partial charge in [0.2, 0.25) is 0 Å². The Hall–Kier alpha value is -1.04. The quantitative estimate of drug-likeness (QED) is 0.403. The van der Waals surface area contributed by atoms with E-state index in [2.05, 4.69) is 5.43 Å². The SMILES string of the molecule is CC(CO)CSC(C(=O)NN)c1ccccc1. The van der Waals surface area contributed by atoms with Crippen LogP contribution >= 0.6 is 11.8 Å². The molecule has 4 nitrogen and oxygen atoms in total. The Morgan fingerprint density at radius 2 is 2.12 bits per heavy atom. The third kappa shape index (κ3) is 4.38. The Balaban J connectivity index is 2.71. The summed E-state index contributed by atoms with van der Waals surface area (Å²) in [7, 11) is 0. The molecule has 0 aromatic heterocycles. The number of nitrogens with one attached hydrogen (secondary N) is 1. The predicted octanol–water partition coefficient (Wildman–Crippen LogP) is 1.08. The Morgan fingerprint density at radius 3 is 2.65 bits per heavy atom. The molecule has 17 heavy (non-hydrogen) atoms. The van der Waals surface area contributed by atoms with E-state index in [4.69, 9.17) is 10.9 Å². The summed E-state index contributed by atoms with van der Waals surface area (Å²) in [5.74, 6) is 5.85. The van der Waals surface area contributed by atoms with Gasteiger partial charge in [0, 0.05) is 6.61 Å². The number of benzene rings is 1. The molecule has 1 amide bonds. The summed E-state index contributed by atoms with van der Waals surface area (Å²) in [6, 6.07) is 9.49. The maximum atomic E-state index is 11.7. The fourth-order valence-corrected chi connectivity index (χ4v) is 2.54. The van der Waals surface area contributed by atoms with E-state index in [1.165, 1.54) is 11.8 Å². The Morgan fingerprint density at radius 1 is 1.47 bits per heavy atom. The lowest BCUT2D eigenvalue weighted by Gasteiger charge is -2.17. The van der Waals surface area contributed by atoms with E-state index < -0.39 is 0 Å². The van der Waals surface area contributed by atoms with E-state index >= 15 is 0 Å². The molecular formula is C12H18N2O2S. The molecule has 0 saturated carbocycles. The largest absolute Gasteiger partial charge is 0.396 e. The summed E-state index contributed by atoms with van der Waals surface area (Å²) in [4.78, 5) is 11.7. The molecule has 0 fully saturated rings. The molecule has 0 aliphatic carbocycles. The van der Waals surface area contributed by atoms with Crippen LogP contribution in [0.2, 0.25) is 0 Å². The number of aliphatic hydroxyl groups excluding tert-OH is 1. The molecule has 2 atom stereocenters. The van der Waals surface area contributed by atoms with Gasteiger partial charge in [-0.2, -0.15) is 0 Å². The zero-order chi connectivity index (χ0) is 12.7. The third-order valence-electron chi connectivity index (χ3n) is 2.34. The van der Waals surface area contributed by atoms with Crippen molar-refractivity contribution in [3.8, 4) is 0 Å². The first kappa shape index (κ1) is 14.0. The van der Waals surface area contributed by atoms with Crippen LogP contribution in [0.25, 0.3) is 0 Å². The number of hydrazine groups is 1. The number of nitrogens with two attached hydrogens (primary N) is 1. The maximum absolute atomic E-state index is 11.7. The number of hydrogen-bond donors (Lipinski definition) is 3. The van der Waals surface area contributed by atoms with Crippen molar-refractivity contribution in [3.63, 3.8) is 0 Å². The van der Waals surface area contributed by atoms with Crippen LogP contribution in [0.15, 0.2) is 30.3 Å². The van der Waals surface area contributed by atoms with Crippen molar-refractivity contribution >= 4 is 17.7 Å². The van der Waals surface area contributed by atoms with E-state index in [9.17, 15) is 4.79 Å². The van der Waals surface area contributed by atoms with E-state index in [1.54, 1.807) is 0 Å². The second-order valence-electron chi connectivity index (χ2n) is 3.92. The number of amides is 1. The van der Waals surface area contributed by atoms with Gasteiger partial charge in [0.05, 0.1) is 0 Å². The van der Waals surface area contributed by atoms with Crippen molar-refractivity contribution in [1.82, 2.24) is 5.43 Å². The Labute approximate surface area is 106 Å². The molecule has 2 unspecified atom stereocenters. The van der Waals surface area contributed by atoms with Gasteiger partial charge in [-0.1, -0.05) is 37.3 Å². The van der Waals surface area contributed by atoms with Crippen LogP contribution in [0.5, 0.6) is 0 Å². The van der Waals surface area contributed by atoms with Crippen LogP contribution in [-0.2, 0) is 4.79 Å². The van der Waals surface area contributed by atoms with Crippen LogP contribution in [0.1, 0.15) is 17.7 Å². The lowest BCUT2D eigenvalue weighted by Crippen LogP contribution is -2.34. The van der Waals surface area contributed by atoms with Crippen LogP contribution < -0.4 is 11.3 Å². The van der Waals surface area contributed by atoms with Gasteiger partial charge >= 0.3 is 0 Å². The Kier molecular flexibility index (Phi) is 6.04. The van der Waals surface area contributed by atoms with E-state index in [0.29, 0.717) is 5.75 Å². The van der Waals surface area contributed by atoms with Crippen LogP contribution in [0.3, 0.4) is 0 Å². The molecular weight excluding hydrogens is 236 g/mol. The molecule has 1 aromatic rings. The minimum absolute atomic E-state index is 0.124. The summed E-state index contributed by atoms with van der Waals surface area (Å²) in [6.45, 7) is 2.06. The van der Waals surface area contributed by atoms with E-state index in [1.807, 2.05) is 37.3 Å². The second-order valence-corrected chi connectivity index (χ2v) is 5.06. The van der Waals surface area contributed by atoms with Gasteiger partial charge < -0.3 is 5.11 Å². The summed E-state index contributed by atoms with van der Waals surface area (Å²) >= 11 is 1.49. The number of carbonyl (C=O) groups excluding carboxylic acids is 1. The first-order chi connectivity index (χ1) is 8.19. The van der Waals surface area contributed by atoms with Crippen molar-refractivity contribution in [2.75, 3.05) is 12.4 Å². The van der Waals surface area contributed by atoms with Gasteiger partial charge in [-0.15, -0.1) is 11.8 Å². The Bertz CT molecular complexity index is 346. The van der Waals surface area contributed by atoms with Crippen molar-refractivity contribution in [2.45, 2.75) is 12.2 Å². The fraction of sp³-hybridized carbons (Fsp3) is 0.417. The first-order valence-corrected chi connectivity index (χ1v) is 6.51. The van der Waals surface area contributed by atoms with E-state index in [-0.39, 0.29) is 23.7 Å². The molecule has 0 spiro atoms. The topological polar surface area (TPSA) is 75.3 Å². The smallest absolute Gasteiger partial charge is 0.251 e. The highest BCUT2D eigenvalue weighted by atomic mass is 32.2. The molecule has 1 aromatic carbocycles. The minimum Gasteiger partial charge on any atom is -0.396 e. The van der Waals surface area contributed by atoms with Gasteiger partial charge in [0.25, 0.3) is 5.91 Å². The molecule has 0 heterocycles. The molecule has 4 N–H and O–H groups in total. The summed E-state index contributed by atoms with van der Waals surface area (Å²) in [5, 5.41) is 8.65. The van der Waals surface area contributed by atoms with Crippen LogP contribution in [0.4, 0.5) is 0 Å². The average Bonchev–Trinajstić information content (AvgIpc) is 2.39. The van der Waals surface area contributed by atoms with Gasteiger partial charge in [0.1, 0.15) is 5.25 Å². The lowest BCUT2D eigenvalue weighted by molar-refractivity contribution is -0.120. The van der Waals surface area contributed by atoms with Gasteiger partial charge in [0.15, 0.2) is 0 Å². The molecule has 0 saturated heterocycles. The third-order valence-corrected chi connectivity index (χ3v) is 3.92. The second kappa shape index (κ2) is 7.32. The van der Waals surface area contributed by atoms with Crippen molar-refractivity contribution in [2.24, 2.45) is 11.8 Å². The van der Waals surface area contributed by atoms with Crippen LogP contribution in [-0.4, -0.2) is 23.4 Å². The standard InChI is InChI=1S/C12H18N2O2S/c1-9(7-15)8-17-11(12(16)14-13)10-5-3-2-4-6-10/h2-6,9,11,15H,7-8,13H2,1H3,(H,14,16). The molecule has 0 aliphatic heterocycles. The monoisotopic (exact) mass is 254 g/mol. The number of rotatable bonds is 6. The highest BCUT2D eigenvalue weighted by Crippen LogP contribution is 2.30. The zero-order valence-electron chi connectivity index (χ0n) is 9.80. The molecule has 94 valence electrons. The van der Waals surface area contributed by atoms with Crippen molar-refractivity contribution < 1.29 is 9.90 Å². The highest BCUT2D eigenvalue weighted by Gasteiger charge is 2.20. The average molecular weight is 254 g/mol. The number of thioether (sulfide) groups is 1. The van der Waals surface area contributed by atoms with Gasteiger partial charge in [-0.3, -0.25) is 10.2 Å². The molecule has 5 heteroatoms. The first-order valence-electron chi connectivity index (χ1n) is 5.47. The van der Waals surface area contributed by atoms with Crippen molar-refractivity contribution in [3.05, 3.63) is 35.9 Å². The maximum Gasteiger partial charge on any atom is 0.251 e. The summed E-state index contributed by atoms with van der Waals surface area (Å²) in [6.07, 6.45) is 0. The molecule has 1 rings (SSSR count). The predicted molar refractivity (Wildman–Crippen MR) is 70.2 cm³/mol. The van der Waals surface area contributed by atoms with Crippen LogP contribution in [0, 0.1) is 5.92 Å². The molecule has 0 bridgehead atoms. The fourth-order valence-electron chi connectivity index (χ4n) is 1.34. The van der Waals surface area contributed by atoms with E-state index in [0.717, 1.165) is 5.56 Å². The molecule has 0 aliphatic rings. The van der Waals surface area contributed by atoms with Gasteiger partial charge in [-0.05, 0) is 17.2 Å².